The molecule has 1 aromatic carbocycles. The molecule has 4 heterocycles. The van der Waals surface area contributed by atoms with Crippen LogP contribution in [0.1, 0.15) is 79.2 Å². The Morgan fingerprint density at radius 1 is 1.23 bits per heavy atom. The number of aliphatic hydroxyl groups is 1. The summed E-state index contributed by atoms with van der Waals surface area (Å²) in [6.07, 6.45) is 2.21. The molecule has 53 heavy (non-hydrogen) atoms. The number of anilines is 1. The number of nitrogens with zero attached hydrogens (tertiary/aromatic N) is 2. The minimum absolute atomic E-state index is 0.0971. The standard InChI is InChI=1S/C38H54ClN3O10S/c1-22-12-11-13-27(49-10)38(47)20-29(51-34(46)40-38)37(6)21-36(5,52-37)28(50-33(45)23(2)41(7)30(43)14-15-35(3,4)53)19-31(44)42(8)25-17-24(16-22)18-26(48-9)32(25)39/h11-13,17-18,23,27-29,47,53H,14-16,19-21H2,1-10H3,(H,40,46)/b13-11+,22-12+. The Morgan fingerprint density at radius 2 is 1.89 bits per heavy atom. The predicted octanol–water partition coefficient (Wildman–Crippen LogP) is 5.15. The zero-order valence-electron chi connectivity index (χ0n) is 32.3. The highest BCUT2D eigenvalue weighted by atomic mass is 35.5. The highest BCUT2D eigenvalue weighted by Crippen LogP contribution is 2.50. The number of halogens is 1. The van der Waals surface area contributed by atoms with E-state index in [4.69, 9.17) is 35.3 Å². The summed E-state index contributed by atoms with van der Waals surface area (Å²) in [5, 5.41) is 14.5. The molecule has 2 fully saturated rings. The van der Waals surface area contributed by atoms with E-state index in [-0.39, 0.29) is 41.4 Å². The molecule has 1 aromatic rings. The second-order valence-electron chi connectivity index (χ2n) is 15.5. The highest BCUT2D eigenvalue weighted by molar-refractivity contribution is 7.81. The maximum atomic E-state index is 14.1. The summed E-state index contributed by atoms with van der Waals surface area (Å²) in [5.41, 5.74) is -2.13. The average Bonchev–Trinajstić information content (AvgIpc) is 3.06. The van der Waals surface area contributed by atoms with Crippen molar-refractivity contribution in [1.29, 1.82) is 0 Å². The second kappa shape index (κ2) is 16.2. The molecule has 0 aromatic heterocycles. The number of nitrogens with one attached hydrogen (secondary N) is 1. The normalized spacial score (nSPS) is 31.5. The molecular weight excluding hydrogens is 726 g/mol. The molecular formula is C38H54ClN3O10S. The number of methoxy groups -OCH3 is 2. The number of hydrogen-bond acceptors (Lipinski definition) is 11. The molecule has 6 bridgehead atoms. The van der Waals surface area contributed by atoms with Crippen molar-refractivity contribution in [3.63, 3.8) is 0 Å². The Balaban J connectivity index is 1.74. The molecule has 0 spiro atoms. The third-order valence-electron chi connectivity index (χ3n) is 10.4. The number of rotatable bonds is 8. The third kappa shape index (κ3) is 9.69. The third-order valence-corrected chi connectivity index (χ3v) is 11.0. The largest absolute Gasteiger partial charge is 0.495 e. The first-order valence-electron chi connectivity index (χ1n) is 17.6. The second-order valence-corrected chi connectivity index (χ2v) is 17.1. The van der Waals surface area contributed by atoms with Crippen LogP contribution < -0.4 is 15.0 Å². The molecule has 4 aliphatic heterocycles. The lowest BCUT2D eigenvalue weighted by Crippen LogP contribution is -2.72. The van der Waals surface area contributed by atoms with E-state index in [0.717, 1.165) is 11.1 Å². The molecule has 4 aliphatic rings. The molecule has 294 valence electrons. The van der Waals surface area contributed by atoms with Crippen molar-refractivity contribution in [3.05, 3.63) is 46.5 Å². The molecule has 0 saturated carbocycles. The first-order valence-corrected chi connectivity index (χ1v) is 18.5. The van der Waals surface area contributed by atoms with Crippen LogP contribution in [0.4, 0.5) is 10.5 Å². The number of allylic oxidation sites excluding steroid dienone is 3. The molecule has 13 nitrogen and oxygen atoms in total. The number of likely N-dealkylation sites (N-methyl/N-ethyl adjacent to an activating group) is 1. The summed E-state index contributed by atoms with van der Waals surface area (Å²) in [6, 6.07) is 2.59. The molecule has 15 heteroatoms. The Bertz CT molecular complexity index is 1640. The van der Waals surface area contributed by atoms with E-state index in [1.807, 2.05) is 26.8 Å². The van der Waals surface area contributed by atoms with Gasteiger partial charge in [0.25, 0.3) is 0 Å². The monoisotopic (exact) mass is 779 g/mol. The van der Waals surface area contributed by atoms with Crippen LogP contribution in [0, 0.1) is 0 Å². The summed E-state index contributed by atoms with van der Waals surface area (Å²) in [5.74, 6) is -1.06. The van der Waals surface area contributed by atoms with Gasteiger partial charge < -0.3 is 38.6 Å². The van der Waals surface area contributed by atoms with E-state index in [1.165, 1.54) is 31.1 Å². The van der Waals surface area contributed by atoms with Crippen LogP contribution >= 0.6 is 24.2 Å². The van der Waals surface area contributed by atoms with Crippen LogP contribution in [0.25, 0.3) is 0 Å². The van der Waals surface area contributed by atoms with Gasteiger partial charge in [-0.3, -0.25) is 14.9 Å². The van der Waals surface area contributed by atoms with Crippen molar-refractivity contribution in [3.8, 4) is 5.75 Å². The van der Waals surface area contributed by atoms with Crippen molar-refractivity contribution in [2.45, 2.75) is 126 Å². The van der Waals surface area contributed by atoms with Gasteiger partial charge in [0.1, 0.15) is 46.3 Å². The maximum absolute atomic E-state index is 14.1. The molecule has 7 unspecified atom stereocenters. The lowest BCUT2D eigenvalue weighted by atomic mass is 9.72. The summed E-state index contributed by atoms with van der Waals surface area (Å²) in [6.45, 7) is 10.7. The predicted molar refractivity (Wildman–Crippen MR) is 203 cm³/mol. The maximum Gasteiger partial charge on any atom is 0.409 e. The summed E-state index contributed by atoms with van der Waals surface area (Å²) >= 11 is 11.3. The topological polar surface area (TPSA) is 153 Å². The molecule has 0 aliphatic carbocycles. The van der Waals surface area contributed by atoms with E-state index in [2.05, 4.69) is 17.9 Å². The van der Waals surface area contributed by atoms with Gasteiger partial charge in [0, 0.05) is 45.2 Å². The average molecular weight is 780 g/mol. The number of fused-ring (bicyclic) bond motifs is 6. The Hall–Kier alpha value is -3.30. The molecule has 7 atom stereocenters. The number of carbonyl (C=O) groups is 4. The summed E-state index contributed by atoms with van der Waals surface area (Å²) in [4.78, 5) is 56.5. The number of benzene rings is 1. The number of alkyl carbamates (subject to hydrolysis) is 1. The molecule has 2 saturated heterocycles. The summed E-state index contributed by atoms with van der Waals surface area (Å²) in [7, 11) is 6.01. The van der Waals surface area contributed by atoms with Crippen LogP contribution in [0.15, 0.2) is 35.9 Å². The lowest BCUT2D eigenvalue weighted by Gasteiger charge is -2.59. The Kier molecular flexibility index (Phi) is 13.0. The fraction of sp³-hybridized carbons (Fsp3) is 0.632. The van der Waals surface area contributed by atoms with Gasteiger partial charge in [-0.1, -0.05) is 49.2 Å². The zero-order valence-corrected chi connectivity index (χ0v) is 33.9. The van der Waals surface area contributed by atoms with Crippen LogP contribution in [-0.2, 0) is 39.8 Å². The van der Waals surface area contributed by atoms with E-state index in [0.29, 0.717) is 24.3 Å². The smallest absolute Gasteiger partial charge is 0.409 e. The Morgan fingerprint density at radius 3 is 2.49 bits per heavy atom. The van der Waals surface area contributed by atoms with Crippen LogP contribution in [-0.4, -0.2) is 108 Å². The first-order chi connectivity index (χ1) is 24.5. The van der Waals surface area contributed by atoms with Crippen molar-refractivity contribution in [1.82, 2.24) is 10.2 Å². The van der Waals surface area contributed by atoms with Crippen molar-refractivity contribution in [2.24, 2.45) is 0 Å². The van der Waals surface area contributed by atoms with Gasteiger partial charge in [-0.25, -0.2) is 9.59 Å². The zero-order chi connectivity index (χ0) is 39.7. The SMILES string of the molecule is COc1cc2cc(c1Cl)N(C)C(=O)CC(OC(=O)C(C)N(C)C(=O)CCC(C)(C)S)C1(C)CC(C)(O1)C1CC(O)(NC(=O)O1)C(OC)/C=C/C=C(\C)C2. The number of thiol groups is 1. The number of esters is 1. The van der Waals surface area contributed by atoms with Gasteiger partial charge in [0.15, 0.2) is 5.72 Å². The van der Waals surface area contributed by atoms with E-state index in [1.54, 1.807) is 52.1 Å². The van der Waals surface area contributed by atoms with Gasteiger partial charge in [0.2, 0.25) is 11.8 Å². The van der Waals surface area contributed by atoms with E-state index >= 15 is 0 Å². The summed E-state index contributed by atoms with van der Waals surface area (Å²) < 4.78 is 29.1. The van der Waals surface area contributed by atoms with Crippen molar-refractivity contribution in [2.75, 3.05) is 33.2 Å². The fourth-order valence-corrected chi connectivity index (χ4v) is 7.53. The molecule has 5 rings (SSSR count). The van der Waals surface area contributed by atoms with Crippen LogP contribution in [0.3, 0.4) is 0 Å². The van der Waals surface area contributed by atoms with Crippen LogP contribution in [0.2, 0.25) is 5.02 Å². The highest BCUT2D eigenvalue weighted by Gasteiger charge is 2.63. The van der Waals surface area contributed by atoms with Gasteiger partial charge in [0.05, 0.1) is 19.2 Å². The van der Waals surface area contributed by atoms with Crippen molar-refractivity contribution >= 4 is 53.8 Å². The minimum Gasteiger partial charge on any atom is -0.495 e. The van der Waals surface area contributed by atoms with Gasteiger partial charge in [-0.2, -0.15) is 12.6 Å². The van der Waals surface area contributed by atoms with Gasteiger partial charge >= 0.3 is 12.1 Å². The fourth-order valence-electron chi connectivity index (χ4n) is 7.10. The van der Waals surface area contributed by atoms with Gasteiger partial charge in [-0.15, -0.1) is 0 Å². The number of hydrogen-bond donors (Lipinski definition) is 3. The number of amides is 3. The quantitative estimate of drug-likeness (QED) is 0.239. The van der Waals surface area contributed by atoms with Crippen LogP contribution in [0.5, 0.6) is 5.75 Å². The van der Waals surface area contributed by atoms with E-state index < -0.39 is 59.3 Å². The lowest BCUT2D eigenvalue weighted by molar-refractivity contribution is -0.328. The van der Waals surface area contributed by atoms with Gasteiger partial charge in [-0.05, 0) is 58.2 Å². The minimum atomic E-state index is -1.86. The van der Waals surface area contributed by atoms with Crippen molar-refractivity contribution < 1.29 is 48.0 Å². The molecule has 3 amide bonds. The number of ether oxygens (including phenoxy) is 5. The van der Waals surface area contributed by atoms with E-state index in [9.17, 15) is 24.3 Å². The first kappa shape index (κ1) is 42.4. The molecule has 2 N–H and O–H groups in total. The molecule has 0 radical (unpaired) electrons. The number of carbonyl (C=O) groups excluding carboxylic acids is 4. The Labute approximate surface area is 322 Å².